The number of methoxy groups -OCH3 is 1. The van der Waals surface area contributed by atoms with Crippen molar-refractivity contribution in [3.05, 3.63) is 53.6 Å². The summed E-state index contributed by atoms with van der Waals surface area (Å²) in [6, 6.07) is 12.3. The normalized spacial score (nSPS) is 11.4. The van der Waals surface area contributed by atoms with Crippen molar-refractivity contribution in [1.82, 2.24) is 4.31 Å². The number of hydrogen-bond donors (Lipinski definition) is 1. The molecule has 0 aliphatic rings. The highest BCUT2D eigenvalue weighted by Gasteiger charge is 2.22. The van der Waals surface area contributed by atoms with Crippen molar-refractivity contribution in [3.8, 4) is 5.75 Å². The molecule has 1 N–H and O–H groups in total. The third-order valence-corrected chi connectivity index (χ3v) is 5.83. The fourth-order valence-electron chi connectivity index (χ4n) is 2.54. The molecular weight excluding hydrogens is 352 g/mol. The number of hydrogen-bond acceptors (Lipinski definition) is 4. The first kappa shape index (κ1) is 19.9. The van der Waals surface area contributed by atoms with Crippen LogP contribution in [0.15, 0.2) is 47.4 Å². The third-order valence-electron chi connectivity index (χ3n) is 4.03. The lowest BCUT2D eigenvalue weighted by atomic mass is 10.1. The summed E-state index contributed by atoms with van der Waals surface area (Å²) >= 11 is 0. The second-order valence-electron chi connectivity index (χ2n) is 5.97. The lowest BCUT2D eigenvalue weighted by Crippen LogP contribution is -2.26. The van der Waals surface area contributed by atoms with Crippen LogP contribution in [0.1, 0.15) is 25.0 Å². The van der Waals surface area contributed by atoms with Gasteiger partial charge in [-0.25, -0.2) is 8.42 Å². The zero-order chi connectivity index (χ0) is 19.3. The number of ether oxygens (including phenoxy) is 1. The first-order valence-corrected chi connectivity index (χ1v) is 9.71. The zero-order valence-electron chi connectivity index (χ0n) is 15.4. The summed E-state index contributed by atoms with van der Waals surface area (Å²) in [5, 5.41) is 2.59. The standard InChI is InChI=1S/C19H24N2O4S/c1-5-15-6-8-16(9-7-15)13-21(3)26(23,24)17-10-11-19(25-4)18(12-17)20-14(2)22/h6-12H,5,13H2,1-4H3,(H,20,22). The Morgan fingerprint density at radius 3 is 2.27 bits per heavy atom. The maximum Gasteiger partial charge on any atom is 0.243 e. The van der Waals surface area contributed by atoms with E-state index in [1.165, 1.54) is 49.1 Å². The van der Waals surface area contributed by atoms with Crippen LogP contribution in [0.5, 0.6) is 5.75 Å². The molecule has 0 fully saturated rings. The van der Waals surface area contributed by atoms with Gasteiger partial charge >= 0.3 is 0 Å². The van der Waals surface area contributed by atoms with Gasteiger partial charge in [0.2, 0.25) is 15.9 Å². The second kappa shape index (κ2) is 8.33. The van der Waals surface area contributed by atoms with Gasteiger partial charge in [-0.05, 0) is 35.7 Å². The molecule has 0 unspecified atom stereocenters. The number of sulfonamides is 1. The number of carbonyl (C=O) groups excluding carboxylic acids is 1. The SMILES string of the molecule is CCc1ccc(CN(C)S(=O)(=O)c2ccc(OC)c(NC(C)=O)c2)cc1. The molecule has 6 nitrogen and oxygen atoms in total. The van der Waals surface area contributed by atoms with Crippen LogP contribution in [0.4, 0.5) is 5.69 Å². The molecule has 0 heterocycles. The summed E-state index contributed by atoms with van der Waals surface area (Å²) < 4.78 is 32.2. The third kappa shape index (κ3) is 4.62. The highest BCUT2D eigenvalue weighted by molar-refractivity contribution is 7.89. The van der Waals surface area contributed by atoms with E-state index in [0.717, 1.165) is 12.0 Å². The van der Waals surface area contributed by atoms with E-state index in [2.05, 4.69) is 12.2 Å². The predicted octanol–water partition coefficient (Wildman–Crippen LogP) is 3.04. The van der Waals surface area contributed by atoms with E-state index in [1.54, 1.807) is 0 Å². The Balaban J connectivity index is 2.28. The quantitative estimate of drug-likeness (QED) is 0.806. The largest absolute Gasteiger partial charge is 0.495 e. The van der Waals surface area contributed by atoms with Gasteiger partial charge in [-0.15, -0.1) is 0 Å². The molecule has 1 amide bonds. The van der Waals surface area contributed by atoms with Crippen LogP contribution in [-0.4, -0.2) is 32.8 Å². The van der Waals surface area contributed by atoms with Gasteiger partial charge in [-0.3, -0.25) is 4.79 Å². The fourth-order valence-corrected chi connectivity index (χ4v) is 3.72. The van der Waals surface area contributed by atoms with Gasteiger partial charge in [0.05, 0.1) is 17.7 Å². The first-order chi connectivity index (χ1) is 12.3. The highest BCUT2D eigenvalue weighted by atomic mass is 32.2. The van der Waals surface area contributed by atoms with Crippen LogP contribution in [0.2, 0.25) is 0 Å². The van der Waals surface area contributed by atoms with Crippen molar-refractivity contribution in [2.45, 2.75) is 31.7 Å². The highest BCUT2D eigenvalue weighted by Crippen LogP contribution is 2.29. The minimum absolute atomic E-state index is 0.0923. The van der Waals surface area contributed by atoms with E-state index in [0.29, 0.717) is 11.4 Å². The van der Waals surface area contributed by atoms with Gasteiger partial charge in [0.25, 0.3) is 0 Å². The Morgan fingerprint density at radius 1 is 1.12 bits per heavy atom. The molecule has 140 valence electrons. The van der Waals surface area contributed by atoms with Crippen LogP contribution in [-0.2, 0) is 27.8 Å². The molecular formula is C19H24N2O4S. The number of anilines is 1. The molecule has 0 aromatic heterocycles. The van der Waals surface area contributed by atoms with E-state index in [4.69, 9.17) is 4.74 Å². The number of carbonyl (C=O) groups is 1. The van der Waals surface area contributed by atoms with Gasteiger partial charge in [0.1, 0.15) is 5.75 Å². The van der Waals surface area contributed by atoms with E-state index >= 15 is 0 Å². The number of rotatable bonds is 7. The van der Waals surface area contributed by atoms with E-state index in [9.17, 15) is 13.2 Å². The van der Waals surface area contributed by atoms with Crippen LogP contribution in [0, 0.1) is 0 Å². The minimum Gasteiger partial charge on any atom is -0.495 e. The van der Waals surface area contributed by atoms with Gasteiger partial charge < -0.3 is 10.1 Å². The summed E-state index contributed by atoms with van der Waals surface area (Å²) in [7, 11) is -0.717. The summed E-state index contributed by atoms with van der Waals surface area (Å²) in [5.74, 6) is 0.0965. The van der Waals surface area contributed by atoms with Crippen molar-refractivity contribution < 1.29 is 17.9 Å². The minimum atomic E-state index is -3.71. The Hall–Kier alpha value is -2.38. The van der Waals surface area contributed by atoms with Crippen molar-refractivity contribution in [2.24, 2.45) is 0 Å². The molecule has 7 heteroatoms. The summed E-state index contributed by atoms with van der Waals surface area (Å²) in [6.45, 7) is 3.68. The van der Waals surface area contributed by atoms with E-state index in [-0.39, 0.29) is 17.3 Å². The molecule has 2 rings (SSSR count). The Bertz CT molecular complexity index is 877. The first-order valence-electron chi connectivity index (χ1n) is 8.27. The molecule has 0 bridgehead atoms. The smallest absolute Gasteiger partial charge is 0.243 e. The van der Waals surface area contributed by atoms with Gasteiger partial charge in [-0.2, -0.15) is 4.31 Å². The van der Waals surface area contributed by atoms with Gasteiger partial charge in [0, 0.05) is 20.5 Å². The number of nitrogens with one attached hydrogen (secondary N) is 1. The van der Waals surface area contributed by atoms with Crippen molar-refractivity contribution in [2.75, 3.05) is 19.5 Å². The Labute approximate surface area is 154 Å². The van der Waals surface area contributed by atoms with Crippen LogP contribution >= 0.6 is 0 Å². The average molecular weight is 376 g/mol. The molecule has 0 aliphatic heterocycles. The van der Waals surface area contributed by atoms with Crippen LogP contribution in [0.25, 0.3) is 0 Å². The number of aryl methyl sites for hydroxylation is 1. The molecule has 0 spiro atoms. The Kier molecular flexibility index (Phi) is 6.39. The lowest BCUT2D eigenvalue weighted by molar-refractivity contribution is -0.114. The summed E-state index contributed by atoms with van der Waals surface area (Å²) in [4.78, 5) is 11.4. The van der Waals surface area contributed by atoms with Crippen molar-refractivity contribution in [1.29, 1.82) is 0 Å². The number of benzene rings is 2. The summed E-state index contributed by atoms with van der Waals surface area (Å²) in [5.41, 5.74) is 2.43. The fraction of sp³-hybridized carbons (Fsp3) is 0.316. The molecule has 0 saturated heterocycles. The topological polar surface area (TPSA) is 75.7 Å². The lowest BCUT2D eigenvalue weighted by Gasteiger charge is -2.19. The van der Waals surface area contributed by atoms with Crippen molar-refractivity contribution >= 4 is 21.6 Å². The molecule has 0 atom stereocenters. The number of amides is 1. The molecule has 0 radical (unpaired) electrons. The Morgan fingerprint density at radius 2 is 1.73 bits per heavy atom. The zero-order valence-corrected chi connectivity index (χ0v) is 16.3. The molecule has 0 saturated carbocycles. The molecule has 26 heavy (non-hydrogen) atoms. The summed E-state index contributed by atoms with van der Waals surface area (Å²) in [6.07, 6.45) is 0.937. The van der Waals surface area contributed by atoms with E-state index in [1.807, 2.05) is 24.3 Å². The monoisotopic (exact) mass is 376 g/mol. The van der Waals surface area contributed by atoms with Gasteiger partial charge in [0.15, 0.2) is 0 Å². The maximum atomic E-state index is 12.9. The maximum absolute atomic E-state index is 12.9. The predicted molar refractivity (Wildman–Crippen MR) is 102 cm³/mol. The van der Waals surface area contributed by atoms with Crippen LogP contribution < -0.4 is 10.1 Å². The van der Waals surface area contributed by atoms with Gasteiger partial charge in [-0.1, -0.05) is 31.2 Å². The van der Waals surface area contributed by atoms with Crippen LogP contribution in [0.3, 0.4) is 0 Å². The average Bonchev–Trinajstić information content (AvgIpc) is 2.61. The molecule has 2 aromatic carbocycles. The number of nitrogens with zero attached hydrogens (tertiary/aromatic N) is 1. The second-order valence-corrected chi connectivity index (χ2v) is 8.02. The van der Waals surface area contributed by atoms with Crippen molar-refractivity contribution in [3.63, 3.8) is 0 Å². The van der Waals surface area contributed by atoms with E-state index < -0.39 is 10.0 Å². The molecule has 2 aromatic rings. The molecule has 0 aliphatic carbocycles.